The molecule has 3 nitrogen and oxygen atoms in total. The molecule has 1 heterocycles. The van der Waals surface area contributed by atoms with Crippen LogP contribution in [0.15, 0.2) is 16.9 Å². The SMILES string of the molecule is CCOC(=O)c1cc(C(Br)(Br)Br)cnc1Br. The molecule has 0 N–H and O–H groups in total. The molecular weight excluding hydrogens is 474 g/mol. The Bertz CT molecular complexity index is 403. The van der Waals surface area contributed by atoms with Crippen molar-refractivity contribution in [3.8, 4) is 0 Å². The Morgan fingerprint density at radius 2 is 2.12 bits per heavy atom. The lowest BCUT2D eigenvalue weighted by molar-refractivity contribution is 0.0524. The summed E-state index contributed by atoms with van der Waals surface area (Å²) < 4.78 is 4.79. The van der Waals surface area contributed by atoms with Crippen molar-refractivity contribution in [2.45, 2.75) is 9.07 Å². The average molecular weight is 481 g/mol. The predicted octanol–water partition coefficient (Wildman–Crippen LogP) is 4.32. The number of esters is 1. The summed E-state index contributed by atoms with van der Waals surface area (Å²) in [5.41, 5.74) is 1.15. The highest BCUT2D eigenvalue weighted by Crippen LogP contribution is 2.44. The van der Waals surface area contributed by atoms with Gasteiger partial charge in [0.1, 0.15) is 4.60 Å². The van der Waals surface area contributed by atoms with E-state index in [4.69, 9.17) is 4.74 Å². The van der Waals surface area contributed by atoms with Crippen LogP contribution in [0.25, 0.3) is 0 Å². The third-order valence-corrected chi connectivity index (χ3v) is 3.67. The first-order valence-electron chi connectivity index (χ1n) is 4.26. The van der Waals surface area contributed by atoms with E-state index in [2.05, 4.69) is 68.7 Å². The van der Waals surface area contributed by atoms with Gasteiger partial charge in [0.05, 0.1) is 12.2 Å². The number of hydrogen-bond acceptors (Lipinski definition) is 3. The van der Waals surface area contributed by atoms with Gasteiger partial charge in [0.15, 0.2) is 2.14 Å². The summed E-state index contributed by atoms with van der Waals surface area (Å²) in [6, 6.07) is 1.69. The topological polar surface area (TPSA) is 39.2 Å². The molecule has 0 aromatic carbocycles. The molecule has 16 heavy (non-hydrogen) atoms. The normalized spacial score (nSPS) is 11.3. The maximum atomic E-state index is 11.6. The first-order chi connectivity index (χ1) is 7.36. The third-order valence-electron chi connectivity index (χ3n) is 1.66. The molecule has 0 saturated heterocycles. The molecule has 0 spiro atoms. The van der Waals surface area contributed by atoms with Crippen LogP contribution in [0.5, 0.6) is 0 Å². The Morgan fingerprint density at radius 3 is 2.62 bits per heavy atom. The van der Waals surface area contributed by atoms with Crippen LogP contribution in [-0.2, 0) is 6.88 Å². The number of nitrogens with zero attached hydrogens (tertiary/aromatic N) is 1. The highest BCUT2D eigenvalue weighted by Gasteiger charge is 2.24. The third kappa shape index (κ3) is 3.78. The van der Waals surface area contributed by atoms with Crippen LogP contribution in [0.4, 0.5) is 0 Å². The number of pyridine rings is 1. The van der Waals surface area contributed by atoms with Crippen molar-refractivity contribution in [3.05, 3.63) is 28.0 Å². The zero-order chi connectivity index (χ0) is 12.3. The molecule has 88 valence electrons. The van der Waals surface area contributed by atoms with Crippen molar-refractivity contribution in [1.82, 2.24) is 4.98 Å². The van der Waals surface area contributed by atoms with E-state index in [-0.39, 0.29) is 0 Å². The van der Waals surface area contributed by atoms with E-state index < -0.39 is 8.11 Å². The Balaban J connectivity index is 3.14. The molecule has 0 radical (unpaired) electrons. The van der Waals surface area contributed by atoms with E-state index in [1.165, 1.54) is 0 Å². The van der Waals surface area contributed by atoms with Gasteiger partial charge in [-0.05, 0) is 28.9 Å². The number of rotatable bonds is 2. The standard InChI is InChI=1S/C9H7Br4NO2/c1-2-16-8(15)6-3-5(9(11,12)13)4-14-7(6)10/h3-4H,2H2,1H3. The zero-order valence-corrected chi connectivity index (χ0v) is 14.5. The second kappa shape index (κ2) is 5.93. The Labute approximate surface area is 127 Å². The molecule has 0 bridgehead atoms. The smallest absolute Gasteiger partial charge is 0.340 e. The summed E-state index contributed by atoms with van der Waals surface area (Å²) in [4.78, 5) is 15.7. The number of hydrogen-bond donors (Lipinski definition) is 0. The van der Waals surface area contributed by atoms with E-state index in [1.54, 1.807) is 19.2 Å². The summed E-state index contributed by atoms with van der Waals surface area (Å²) in [5.74, 6) is -0.402. The lowest BCUT2D eigenvalue weighted by Gasteiger charge is -2.13. The van der Waals surface area contributed by atoms with Crippen molar-refractivity contribution in [2.75, 3.05) is 6.61 Å². The first-order valence-corrected chi connectivity index (χ1v) is 7.43. The van der Waals surface area contributed by atoms with Crippen LogP contribution in [-0.4, -0.2) is 17.6 Å². The molecule has 1 rings (SSSR count). The fourth-order valence-electron chi connectivity index (χ4n) is 0.955. The van der Waals surface area contributed by atoms with E-state index in [1.807, 2.05) is 0 Å². The minimum atomic E-state index is -0.595. The fourth-order valence-corrected chi connectivity index (χ4v) is 1.98. The lowest BCUT2D eigenvalue weighted by Crippen LogP contribution is -2.09. The molecule has 0 aliphatic rings. The highest BCUT2D eigenvalue weighted by atomic mass is 80.0. The summed E-state index contributed by atoms with van der Waals surface area (Å²) in [5, 5.41) is 0. The van der Waals surface area contributed by atoms with Crippen LogP contribution >= 0.6 is 63.7 Å². The van der Waals surface area contributed by atoms with Gasteiger partial charge in [-0.3, -0.25) is 0 Å². The predicted molar refractivity (Wildman–Crippen MR) is 76.4 cm³/mol. The lowest BCUT2D eigenvalue weighted by atomic mass is 10.2. The molecule has 0 aliphatic heterocycles. The van der Waals surface area contributed by atoms with Crippen molar-refractivity contribution in [3.63, 3.8) is 0 Å². The molecule has 1 aromatic rings. The number of halogens is 4. The van der Waals surface area contributed by atoms with Crippen LogP contribution in [0.1, 0.15) is 22.8 Å². The van der Waals surface area contributed by atoms with E-state index in [0.29, 0.717) is 16.8 Å². The van der Waals surface area contributed by atoms with Gasteiger partial charge in [0, 0.05) is 11.8 Å². The highest BCUT2D eigenvalue weighted by molar-refractivity contribution is 9.38. The molecule has 0 atom stereocenters. The summed E-state index contributed by atoms with van der Waals surface area (Å²) >= 11 is 13.3. The number of carbonyl (C=O) groups is 1. The zero-order valence-electron chi connectivity index (χ0n) is 8.14. The Kier molecular flexibility index (Phi) is 5.41. The molecule has 0 fully saturated rings. The van der Waals surface area contributed by atoms with Gasteiger partial charge in [-0.15, -0.1) is 0 Å². The molecule has 1 aromatic heterocycles. The van der Waals surface area contributed by atoms with Crippen molar-refractivity contribution in [2.24, 2.45) is 0 Å². The summed E-state index contributed by atoms with van der Waals surface area (Å²) in [6.45, 7) is 2.09. The average Bonchev–Trinajstić information content (AvgIpc) is 2.16. The van der Waals surface area contributed by atoms with Crippen LogP contribution < -0.4 is 0 Å². The molecule has 0 saturated carbocycles. The second-order valence-corrected chi connectivity index (χ2v) is 10.3. The van der Waals surface area contributed by atoms with E-state index in [0.717, 1.165) is 5.56 Å². The van der Waals surface area contributed by atoms with Gasteiger partial charge >= 0.3 is 5.97 Å². The molecule has 0 unspecified atom stereocenters. The maximum Gasteiger partial charge on any atom is 0.340 e. The summed E-state index contributed by atoms with van der Waals surface area (Å²) in [7, 11) is 0. The molecular formula is C9H7Br4NO2. The second-order valence-electron chi connectivity index (χ2n) is 2.78. The maximum absolute atomic E-state index is 11.6. The minimum absolute atomic E-state index is 0.331. The Hall–Kier alpha value is 0.540. The van der Waals surface area contributed by atoms with E-state index in [9.17, 15) is 4.79 Å². The van der Waals surface area contributed by atoms with Crippen molar-refractivity contribution < 1.29 is 9.53 Å². The monoisotopic (exact) mass is 477 g/mol. The van der Waals surface area contributed by atoms with Crippen LogP contribution in [0.2, 0.25) is 0 Å². The number of ether oxygens (including phenoxy) is 1. The van der Waals surface area contributed by atoms with Gasteiger partial charge in [-0.2, -0.15) is 0 Å². The minimum Gasteiger partial charge on any atom is -0.462 e. The van der Waals surface area contributed by atoms with Crippen LogP contribution in [0.3, 0.4) is 0 Å². The van der Waals surface area contributed by atoms with E-state index >= 15 is 0 Å². The van der Waals surface area contributed by atoms with Crippen molar-refractivity contribution >= 4 is 69.7 Å². The summed E-state index contributed by atoms with van der Waals surface area (Å²) in [6.07, 6.45) is 1.63. The van der Waals surface area contributed by atoms with Gasteiger partial charge in [0.2, 0.25) is 0 Å². The van der Waals surface area contributed by atoms with Gasteiger partial charge in [-0.25, -0.2) is 9.78 Å². The quantitative estimate of drug-likeness (QED) is 0.360. The largest absolute Gasteiger partial charge is 0.462 e. The number of aromatic nitrogens is 1. The number of alkyl halides is 3. The van der Waals surface area contributed by atoms with Crippen molar-refractivity contribution in [1.29, 1.82) is 0 Å². The van der Waals surface area contributed by atoms with Gasteiger partial charge < -0.3 is 4.74 Å². The first kappa shape index (κ1) is 14.6. The Morgan fingerprint density at radius 1 is 1.50 bits per heavy atom. The molecule has 7 heteroatoms. The molecule has 0 amide bonds. The number of carbonyl (C=O) groups excluding carboxylic acids is 1. The molecule has 0 aliphatic carbocycles. The van der Waals surface area contributed by atoms with Gasteiger partial charge in [-0.1, -0.05) is 47.8 Å². The fraction of sp³-hybridized carbons (Fsp3) is 0.333. The van der Waals surface area contributed by atoms with Crippen LogP contribution in [0, 0.1) is 0 Å². The van der Waals surface area contributed by atoms with Gasteiger partial charge in [0.25, 0.3) is 0 Å².